The van der Waals surface area contributed by atoms with Gasteiger partial charge in [0.05, 0.1) is 0 Å². The number of nitrogens with zero attached hydrogens (tertiary/aromatic N) is 1. The number of fused-ring (bicyclic) bond motifs is 1. The molecule has 1 saturated heterocycles. The molecule has 1 fully saturated rings. The van der Waals surface area contributed by atoms with E-state index < -0.39 is 0 Å². The van der Waals surface area contributed by atoms with Crippen molar-refractivity contribution >= 4 is 5.88 Å². The van der Waals surface area contributed by atoms with Gasteiger partial charge in [-0.1, -0.05) is 12.1 Å². The van der Waals surface area contributed by atoms with Gasteiger partial charge in [-0.15, -0.1) is 0 Å². The normalized spacial score (nSPS) is 17.2. The molecule has 0 atom stereocenters. The van der Waals surface area contributed by atoms with Gasteiger partial charge >= 0.3 is 0 Å². The van der Waals surface area contributed by atoms with E-state index in [1.54, 1.807) is 0 Å². The molecule has 1 aliphatic carbocycles. The van der Waals surface area contributed by atoms with Crippen molar-refractivity contribution in [3.8, 4) is 11.3 Å². The summed E-state index contributed by atoms with van der Waals surface area (Å²) in [5.41, 5.74) is 1.19. The summed E-state index contributed by atoms with van der Waals surface area (Å²) in [5.74, 6) is 2.02. The van der Waals surface area contributed by atoms with Crippen molar-refractivity contribution in [3.63, 3.8) is 0 Å². The number of rotatable bonds is 1. The first-order chi connectivity index (χ1) is 7.43. The Labute approximate surface area is 89.8 Å². The Morgan fingerprint density at radius 2 is 1.80 bits per heavy atom. The summed E-state index contributed by atoms with van der Waals surface area (Å²) in [4.78, 5) is 2.34. The van der Waals surface area contributed by atoms with E-state index >= 15 is 0 Å². The highest BCUT2D eigenvalue weighted by atomic mass is 16.4. The van der Waals surface area contributed by atoms with E-state index in [2.05, 4.69) is 23.1 Å². The van der Waals surface area contributed by atoms with E-state index in [0.717, 1.165) is 24.7 Å². The van der Waals surface area contributed by atoms with E-state index in [9.17, 15) is 0 Å². The highest BCUT2D eigenvalue weighted by Crippen LogP contribution is 2.29. The van der Waals surface area contributed by atoms with Crippen LogP contribution in [0.15, 0.2) is 34.7 Å². The second-order valence-electron chi connectivity index (χ2n) is 4.17. The number of hydrogen-bond donors (Lipinski definition) is 0. The van der Waals surface area contributed by atoms with Gasteiger partial charge in [0.1, 0.15) is 5.76 Å². The van der Waals surface area contributed by atoms with Gasteiger partial charge in [-0.3, -0.25) is 0 Å². The average Bonchev–Trinajstić information content (AvgIpc) is 2.77. The molecule has 2 aliphatic heterocycles. The number of hydrogen-bond acceptors (Lipinski definition) is 2. The lowest BCUT2D eigenvalue weighted by Gasteiger charge is -2.27. The largest absolute Gasteiger partial charge is 0.441 e. The fourth-order valence-electron chi connectivity index (χ4n) is 2.24. The Kier molecular flexibility index (Phi) is 2.13. The summed E-state index contributed by atoms with van der Waals surface area (Å²) in [6.45, 7) is 2.27. The Morgan fingerprint density at radius 1 is 0.933 bits per heavy atom. The van der Waals surface area contributed by atoms with Crippen molar-refractivity contribution in [1.82, 2.24) is 0 Å². The maximum absolute atomic E-state index is 5.87. The summed E-state index contributed by atoms with van der Waals surface area (Å²) in [6.07, 6.45) is 3.93. The molecule has 2 heterocycles. The summed E-state index contributed by atoms with van der Waals surface area (Å²) in [5, 5.41) is 0. The van der Waals surface area contributed by atoms with Crippen LogP contribution in [0.2, 0.25) is 0 Å². The molecule has 0 bridgehead atoms. The maximum Gasteiger partial charge on any atom is 0.196 e. The number of anilines is 1. The summed E-state index contributed by atoms with van der Waals surface area (Å²) < 4.78 is 5.87. The van der Waals surface area contributed by atoms with Crippen LogP contribution in [0.5, 0.6) is 0 Å². The lowest BCUT2D eigenvalue weighted by Crippen LogP contribution is -2.29. The van der Waals surface area contributed by atoms with E-state index in [4.69, 9.17) is 4.42 Å². The Bertz CT molecular complexity index is 415. The van der Waals surface area contributed by atoms with Crippen molar-refractivity contribution in [1.29, 1.82) is 0 Å². The Hall–Kier alpha value is -1.44. The lowest BCUT2D eigenvalue weighted by atomic mass is 10.1. The van der Waals surface area contributed by atoms with Crippen molar-refractivity contribution in [2.24, 2.45) is 0 Å². The van der Waals surface area contributed by atoms with Gasteiger partial charge in [0.25, 0.3) is 0 Å². The molecule has 0 aromatic carbocycles. The van der Waals surface area contributed by atoms with Crippen molar-refractivity contribution < 1.29 is 4.42 Å². The van der Waals surface area contributed by atoms with E-state index in [-0.39, 0.29) is 0 Å². The van der Waals surface area contributed by atoms with Gasteiger partial charge in [0, 0.05) is 18.7 Å². The predicted molar refractivity (Wildman–Crippen MR) is 61.4 cm³/mol. The molecule has 3 aliphatic rings. The molecule has 0 spiro atoms. The van der Waals surface area contributed by atoms with Crippen molar-refractivity contribution in [2.45, 2.75) is 19.3 Å². The standard InChI is InChI=1S/C13H15NO/c1-2-9-14(10-3-1)13-8-7-11-5-4-6-12(11)15-13/h4-8H,1-3,9-10H2. The summed E-state index contributed by atoms with van der Waals surface area (Å²) in [7, 11) is 0. The van der Waals surface area contributed by atoms with Crippen LogP contribution in [0.3, 0.4) is 0 Å². The van der Waals surface area contributed by atoms with Crippen LogP contribution >= 0.6 is 0 Å². The third-order valence-corrected chi connectivity index (χ3v) is 3.10. The summed E-state index contributed by atoms with van der Waals surface area (Å²) >= 11 is 0. The summed E-state index contributed by atoms with van der Waals surface area (Å²) in [6, 6.07) is 10.4. The lowest BCUT2D eigenvalue weighted by molar-refractivity contribution is 0.498. The van der Waals surface area contributed by atoms with Gasteiger partial charge in [-0.25, -0.2) is 0 Å². The topological polar surface area (TPSA) is 16.4 Å². The van der Waals surface area contributed by atoms with Crippen molar-refractivity contribution in [2.75, 3.05) is 18.0 Å². The zero-order chi connectivity index (χ0) is 10.1. The highest BCUT2D eigenvalue weighted by Gasteiger charge is 2.14. The molecule has 0 radical (unpaired) electrons. The zero-order valence-electron chi connectivity index (χ0n) is 8.78. The molecule has 0 aromatic rings. The van der Waals surface area contributed by atoms with E-state index in [1.165, 1.54) is 24.8 Å². The minimum absolute atomic E-state index is 0.998. The molecule has 0 unspecified atom stereocenters. The molecule has 78 valence electrons. The van der Waals surface area contributed by atoms with Gasteiger partial charge < -0.3 is 9.32 Å². The van der Waals surface area contributed by atoms with Gasteiger partial charge in [-0.2, -0.15) is 0 Å². The third kappa shape index (κ3) is 1.60. The molecule has 15 heavy (non-hydrogen) atoms. The minimum Gasteiger partial charge on any atom is -0.441 e. The van der Waals surface area contributed by atoms with Crippen molar-refractivity contribution in [3.05, 3.63) is 30.3 Å². The minimum atomic E-state index is 0.998. The van der Waals surface area contributed by atoms with Gasteiger partial charge in [-0.05, 0) is 37.5 Å². The fraction of sp³-hybridized carbons (Fsp3) is 0.385. The highest BCUT2D eigenvalue weighted by molar-refractivity contribution is 5.62. The van der Waals surface area contributed by atoms with E-state index in [1.807, 2.05) is 12.1 Å². The first-order valence-electron chi connectivity index (χ1n) is 5.67. The quantitative estimate of drug-likeness (QED) is 0.703. The van der Waals surface area contributed by atoms with Crippen LogP contribution < -0.4 is 4.90 Å². The van der Waals surface area contributed by atoms with Crippen LogP contribution in [0.25, 0.3) is 11.3 Å². The molecule has 2 nitrogen and oxygen atoms in total. The van der Waals surface area contributed by atoms with Crippen LogP contribution in [-0.2, 0) is 0 Å². The van der Waals surface area contributed by atoms with Crippen LogP contribution in [-0.4, -0.2) is 13.1 Å². The zero-order valence-corrected chi connectivity index (χ0v) is 8.78. The average molecular weight is 201 g/mol. The molecule has 0 N–H and O–H groups in total. The molecule has 0 aromatic heterocycles. The molecule has 2 heteroatoms. The maximum atomic E-state index is 5.87. The van der Waals surface area contributed by atoms with Gasteiger partial charge in [0.15, 0.2) is 5.88 Å². The second kappa shape index (κ2) is 3.61. The van der Waals surface area contributed by atoms with Gasteiger partial charge in [0.2, 0.25) is 0 Å². The van der Waals surface area contributed by atoms with Crippen LogP contribution in [0.1, 0.15) is 19.3 Å². The monoisotopic (exact) mass is 201 g/mol. The predicted octanol–water partition coefficient (Wildman–Crippen LogP) is 3.37. The molecule has 3 rings (SSSR count). The first kappa shape index (κ1) is 8.84. The van der Waals surface area contributed by atoms with E-state index in [0.29, 0.717) is 0 Å². The van der Waals surface area contributed by atoms with Crippen LogP contribution in [0.4, 0.5) is 5.88 Å². The van der Waals surface area contributed by atoms with Crippen LogP contribution in [0, 0.1) is 0 Å². The Morgan fingerprint density at radius 3 is 2.67 bits per heavy atom. The number of piperidine rings is 1. The molecular formula is C13H15NO. The second-order valence-corrected chi connectivity index (χ2v) is 4.17. The smallest absolute Gasteiger partial charge is 0.196 e. The molecular weight excluding hydrogens is 186 g/mol. The molecule has 0 saturated carbocycles. The Balaban J connectivity index is 1.93. The first-order valence-corrected chi connectivity index (χ1v) is 5.67. The SMILES string of the molecule is c1cc2ccc(N3CCCCC3)oc-2c1. The third-order valence-electron chi connectivity index (χ3n) is 3.10. The fourth-order valence-corrected chi connectivity index (χ4v) is 2.24. The molecule has 0 amide bonds.